The number of methoxy groups -OCH3 is 2. The summed E-state index contributed by atoms with van der Waals surface area (Å²) >= 11 is 1.41. The Morgan fingerprint density at radius 2 is 1.73 bits per heavy atom. The minimum absolute atomic E-state index is 0.0310. The molecule has 74 heavy (non-hydrogen) atoms. The number of aliphatic hydroxyl groups is 1. The summed E-state index contributed by atoms with van der Waals surface area (Å²) in [6.07, 6.45) is 2.03. The Balaban J connectivity index is 1.00. The Morgan fingerprint density at radius 3 is 2.42 bits per heavy atom. The molecule has 1 aromatic heterocycles. The number of carboxylic acid groups (broad SMARTS) is 1. The molecule has 3 saturated heterocycles. The van der Waals surface area contributed by atoms with Gasteiger partial charge in [-0.05, 0) is 99.4 Å². The summed E-state index contributed by atoms with van der Waals surface area (Å²) < 4.78 is 23.5. The van der Waals surface area contributed by atoms with Crippen molar-refractivity contribution in [2.45, 2.75) is 122 Å². The Bertz CT molecular complexity index is 2610. The number of aliphatic hydroxyl groups excluding tert-OH is 1. The number of nitrogens with zero attached hydrogens (tertiary/aromatic N) is 5. The molecule has 3 fully saturated rings. The maximum Gasteiger partial charge on any atom is 0.353 e. The van der Waals surface area contributed by atoms with Crippen LogP contribution in [0, 0.1) is 17.3 Å². The van der Waals surface area contributed by atoms with Crippen molar-refractivity contribution in [2.75, 3.05) is 59.9 Å². The van der Waals surface area contributed by atoms with Crippen LogP contribution < -0.4 is 19.5 Å². The van der Waals surface area contributed by atoms with Gasteiger partial charge in [0.25, 0.3) is 5.91 Å². The van der Waals surface area contributed by atoms with Crippen molar-refractivity contribution in [3.63, 3.8) is 0 Å². The van der Waals surface area contributed by atoms with E-state index in [-0.39, 0.29) is 35.3 Å². The third kappa shape index (κ3) is 12.2. The first-order chi connectivity index (χ1) is 35.3. The van der Waals surface area contributed by atoms with Gasteiger partial charge < -0.3 is 49.2 Å². The molecular formula is C55H72N6O12S. The monoisotopic (exact) mass is 1040 g/mol. The van der Waals surface area contributed by atoms with Gasteiger partial charge in [-0.2, -0.15) is 0 Å². The molecule has 5 heterocycles. The predicted molar refractivity (Wildman–Crippen MR) is 278 cm³/mol. The number of nitrogens with one attached hydrogen (secondary N) is 1. The lowest BCUT2D eigenvalue weighted by Gasteiger charge is -2.46. The van der Waals surface area contributed by atoms with Crippen molar-refractivity contribution in [1.29, 1.82) is 0 Å². The van der Waals surface area contributed by atoms with E-state index in [0.717, 1.165) is 11.3 Å². The number of aromatic nitrogens is 1. The first kappa shape index (κ1) is 55.6. The highest BCUT2D eigenvalue weighted by molar-refractivity contribution is 8.03. The number of thioether (sulfide) groups is 1. The molecule has 400 valence electrons. The molecule has 3 amide bonds. The smallest absolute Gasteiger partial charge is 0.353 e. The molecule has 19 heteroatoms. The molecule has 0 aliphatic carbocycles. The second-order valence-corrected chi connectivity index (χ2v) is 21.9. The van der Waals surface area contributed by atoms with E-state index in [9.17, 15) is 39.0 Å². The Hall–Kier alpha value is -6.18. The zero-order valence-corrected chi connectivity index (χ0v) is 44.8. The molecule has 0 saturated carbocycles. The molecule has 0 spiro atoms. The molecule has 0 unspecified atom stereocenters. The number of fused-ring (bicyclic) bond motifs is 1. The number of carboxylic acids is 1. The molecule has 8 atom stereocenters. The summed E-state index contributed by atoms with van der Waals surface area (Å²) in [6.45, 7) is 10.6. The first-order valence-corrected chi connectivity index (χ1v) is 26.5. The van der Waals surface area contributed by atoms with Crippen LogP contribution in [0.1, 0.15) is 96.1 Å². The van der Waals surface area contributed by atoms with E-state index < -0.39 is 65.3 Å². The lowest BCUT2D eigenvalue weighted by molar-refractivity contribution is -0.164. The average molecular weight is 1040 g/mol. The number of ether oxygens (including phenoxy) is 4. The number of carbonyl (C=O) groups is 6. The number of rotatable bonds is 23. The number of piperidine rings is 1. The molecule has 3 N–H and O–H groups in total. The van der Waals surface area contributed by atoms with Gasteiger partial charge in [-0.3, -0.25) is 24.1 Å². The number of carbonyl (C=O) groups excluding carboxylic acids is 5. The Kier molecular flexibility index (Phi) is 18.0. The van der Waals surface area contributed by atoms with Gasteiger partial charge in [0.15, 0.2) is 11.5 Å². The van der Waals surface area contributed by atoms with Crippen LogP contribution in [0.4, 0.5) is 5.82 Å². The highest BCUT2D eigenvalue weighted by Crippen LogP contribution is 2.52. The van der Waals surface area contributed by atoms with Crippen molar-refractivity contribution in [2.24, 2.45) is 17.3 Å². The maximum absolute atomic E-state index is 14.2. The zero-order chi connectivity index (χ0) is 53.6. The number of anilines is 1. The fourth-order valence-electron chi connectivity index (χ4n) is 10.4. The molecule has 18 nitrogen and oxygen atoms in total. The van der Waals surface area contributed by atoms with Crippen molar-refractivity contribution in [3.8, 4) is 17.2 Å². The summed E-state index contributed by atoms with van der Waals surface area (Å²) in [6, 6.07) is 16.9. The van der Waals surface area contributed by atoms with E-state index in [1.54, 1.807) is 54.0 Å². The van der Waals surface area contributed by atoms with E-state index in [1.165, 1.54) is 21.6 Å². The van der Waals surface area contributed by atoms with Crippen molar-refractivity contribution >= 4 is 53.0 Å². The minimum Gasteiger partial charge on any atom is -0.493 e. The zero-order valence-electron chi connectivity index (χ0n) is 44.0. The number of β-lactam (4-membered cyclic amide) rings is 1. The van der Waals surface area contributed by atoms with Crippen molar-refractivity contribution < 1.29 is 57.9 Å². The number of hydrogen-bond acceptors (Lipinski definition) is 15. The quantitative estimate of drug-likeness (QED) is 0.0422. The SMILES string of the molecule is CCC(C)(C)C(=O)C(=O)N1CCCC[C@H]1C(=O)O[C@H](CCc1ccc(OC)c(OC)c1)c1cccc(OCCNc2cccc(CN3C[C@@H](SC4=C(C(=O)O)N5C(=O)[C@H]([C@@H](C)O)[C@H]5[C@H]4C)C[C@H]3C(=O)N(C)C)n2)c1. The van der Waals surface area contributed by atoms with Gasteiger partial charge in [0, 0.05) is 55.2 Å². The number of pyridine rings is 1. The van der Waals surface area contributed by atoms with Gasteiger partial charge in [-0.25, -0.2) is 14.6 Å². The van der Waals surface area contributed by atoms with Crippen molar-refractivity contribution in [1.82, 2.24) is 24.6 Å². The number of esters is 1. The van der Waals surface area contributed by atoms with E-state index in [2.05, 4.69) is 10.2 Å². The number of Topliss-reactive ketones (excluding diaryl/α,β-unsaturated/α-hetero) is 1. The normalized spacial score (nSPS) is 22.6. The van der Waals surface area contributed by atoms with Crippen LogP contribution in [0.5, 0.6) is 17.2 Å². The topological polar surface area (TPSA) is 218 Å². The van der Waals surface area contributed by atoms with Gasteiger partial charge in [0.2, 0.25) is 17.6 Å². The fourth-order valence-corrected chi connectivity index (χ4v) is 12.0. The number of hydrogen-bond donors (Lipinski definition) is 3. The molecular weight excluding hydrogens is 969 g/mol. The molecule has 4 aliphatic heterocycles. The molecule has 4 aliphatic rings. The van der Waals surface area contributed by atoms with Crippen LogP contribution in [0.15, 0.2) is 71.3 Å². The second-order valence-electron chi connectivity index (χ2n) is 20.5. The third-order valence-electron chi connectivity index (χ3n) is 14.9. The van der Waals surface area contributed by atoms with Gasteiger partial charge in [-0.15, -0.1) is 11.8 Å². The van der Waals surface area contributed by atoms with Gasteiger partial charge in [0.05, 0.1) is 50.6 Å². The van der Waals surface area contributed by atoms with Gasteiger partial charge >= 0.3 is 11.9 Å². The molecule has 2 aromatic carbocycles. The van der Waals surface area contributed by atoms with Crippen molar-refractivity contribution in [3.05, 3.63) is 88.1 Å². The Morgan fingerprint density at radius 1 is 0.986 bits per heavy atom. The largest absolute Gasteiger partial charge is 0.493 e. The minimum atomic E-state index is -1.18. The van der Waals surface area contributed by atoms with Crippen LogP contribution in [0.2, 0.25) is 0 Å². The van der Waals surface area contributed by atoms with Gasteiger partial charge in [-0.1, -0.05) is 52.0 Å². The number of likely N-dealkylation sites (tertiary alicyclic amines) is 2. The van der Waals surface area contributed by atoms with Crippen LogP contribution >= 0.6 is 11.8 Å². The van der Waals surface area contributed by atoms with E-state index >= 15 is 0 Å². The number of ketones is 1. The van der Waals surface area contributed by atoms with E-state index in [1.807, 2.05) is 74.5 Å². The highest BCUT2D eigenvalue weighted by Gasteiger charge is 2.60. The number of aryl methyl sites for hydroxylation is 1. The number of benzene rings is 2. The van der Waals surface area contributed by atoms with Gasteiger partial charge in [0.1, 0.15) is 36.0 Å². The summed E-state index contributed by atoms with van der Waals surface area (Å²) in [5.74, 6) is -1.99. The highest BCUT2D eigenvalue weighted by atomic mass is 32.2. The lowest BCUT2D eigenvalue weighted by atomic mass is 9.79. The van der Waals surface area contributed by atoms with E-state index in [4.69, 9.17) is 23.9 Å². The molecule has 3 aromatic rings. The van der Waals surface area contributed by atoms with Crippen LogP contribution in [0.3, 0.4) is 0 Å². The third-order valence-corrected chi connectivity index (χ3v) is 16.4. The fraction of sp³-hybridized carbons (Fsp3) is 0.545. The summed E-state index contributed by atoms with van der Waals surface area (Å²) in [5, 5.41) is 23.8. The molecule has 0 bridgehead atoms. The first-order valence-electron chi connectivity index (χ1n) is 25.6. The number of amides is 3. The standard InChI is InChI=1S/C55H72N6O12S/c1-10-55(4,5)49(63)52(66)60-25-12-11-18-39(60)54(69)73-41(22-20-34-21-23-42(70-8)43(27-34)71-9)35-15-13-17-37(28-35)72-26-24-56-44-19-14-16-36(57-44)30-59-31-38(29-40(59)50(64)58(6)7)74-48-32(2)46-45(33(3)62)51(65)61(46)47(48)53(67)68/h13-17,19,21,23,27-28,32-33,38-41,45-46,62H,10-12,18,20,22,24-26,29-31H2,1-9H3,(H,56,57)(H,67,68)/t32-,33-,38+,39+,40+,41-,45-,46-/m1/s1. The predicted octanol–water partition coefficient (Wildman–Crippen LogP) is 6.11. The van der Waals surface area contributed by atoms with Crippen LogP contribution in [0.25, 0.3) is 0 Å². The van der Waals surface area contributed by atoms with E-state index in [0.29, 0.717) is 105 Å². The average Bonchev–Trinajstić information content (AvgIpc) is 3.89. The summed E-state index contributed by atoms with van der Waals surface area (Å²) in [4.78, 5) is 92.0. The summed E-state index contributed by atoms with van der Waals surface area (Å²) in [5.41, 5.74) is 1.47. The lowest BCUT2D eigenvalue weighted by Crippen LogP contribution is -2.63. The Labute approximate surface area is 438 Å². The maximum atomic E-state index is 14.2. The number of likely N-dealkylation sites (N-methyl/N-ethyl adjacent to an activating group) is 1. The number of aliphatic carboxylic acids is 1. The molecule has 7 rings (SSSR count). The second kappa shape index (κ2) is 24.0. The summed E-state index contributed by atoms with van der Waals surface area (Å²) in [7, 11) is 6.57. The van der Waals surface area contributed by atoms with Crippen LogP contribution in [-0.2, 0) is 46.5 Å². The van der Waals surface area contributed by atoms with Crippen LogP contribution in [-0.4, -0.2) is 154 Å². The molecule has 0 radical (unpaired) electrons.